The number of amides is 1. The van der Waals surface area contributed by atoms with Crippen molar-refractivity contribution >= 4 is 45.5 Å². The minimum absolute atomic E-state index is 0.0575. The van der Waals surface area contributed by atoms with Crippen molar-refractivity contribution in [2.45, 2.75) is 4.34 Å². The second-order valence-electron chi connectivity index (χ2n) is 5.34. The molecule has 0 saturated carbocycles. The number of aromatic nitrogens is 2. The lowest BCUT2D eigenvalue weighted by Gasteiger charge is -2.36. The molecule has 1 aromatic heterocycles. The molecule has 0 aliphatic carbocycles. The van der Waals surface area contributed by atoms with Crippen molar-refractivity contribution in [1.29, 1.82) is 0 Å². The third kappa shape index (κ3) is 4.37. The maximum Gasteiger partial charge on any atom is 0.269 e. The van der Waals surface area contributed by atoms with Gasteiger partial charge in [-0.05, 0) is 12.1 Å². The minimum Gasteiger partial charge on any atom is -0.374 e. The Balaban J connectivity index is 1.49. The fraction of sp³-hybridized carbons (Fsp3) is 0.357. The fourth-order valence-corrected chi connectivity index (χ4v) is 4.03. The molecule has 1 aliphatic heterocycles. The summed E-state index contributed by atoms with van der Waals surface area (Å²) in [6, 6.07) is 6.48. The number of non-ortho nitro benzene ring substituents is 1. The van der Waals surface area contributed by atoms with Gasteiger partial charge in [0.2, 0.25) is 11.0 Å². The molecule has 1 aromatic carbocycles. The summed E-state index contributed by atoms with van der Waals surface area (Å²) in [5.74, 6) is 0.369. The molecule has 11 heteroatoms. The first-order valence-electron chi connectivity index (χ1n) is 7.52. The van der Waals surface area contributed by atoms with Crippen LogP contribution in [0.2, 0.25) is 0 Å². The van der Waals surface area contributed by atoms with E-state index in [2.05, 4.69) is 15.1 Å². The Morgan fingerprint density at radius 1 is 1.24 bits per heavy atom. The van der Waals surface area contributed by atoms with Gasteiger partial charge >= 0.3 is 0 Å². The Kier molecular flexibility index (Phi) is 5.34. The van der Waals surface area contributed by atoms with E-state index < -0.39 is 4.92 Å². The van der Waals surface area contributed by atoms with Crippen LogP contribution in [0, 0.1) is 10.1 Å². The molecule has 1 amide bonds. The van der Waals surface area contributed by atoms with E-state index in [-0.39, 0.29) is 11.6 Å². The lowest BCUT2D eigenvalue weighted by atomic mass is 10.2. The van der Waals surface area contributed by atoms with Crippen LogP contribution in [0.1, 0.15) is 0 Å². The molecular weight excluding hydrogens is 364 g/mol. The van der Waals surface area contributed by atoms with E-state index in [0.29, 0.717) is 41.4 Å². The quantitative estimate of drug-likeness (QED) is 0.470. The number of benzene rings is 1. The standard InChI is InChI=1S/C14H16N6O3S2/c15-13-16-17-14(25-13)24-9-12(21)19-7-5-18(6-8-19)10-1-3-11(4-2-10)20(22)23/h1-4H,5-9H2,(H2,15,16). The van der Waals surface area contributed by atoms with Crippen molar-refractivity contribution in [3.05, 3.63) is 34.4 Å². The molecule has 25 heavy (non-hydrogen) atoms. The Bertz CT molecular complexity index is 758. The Morgan fingerprint density at radius 3 is 2.48 bits per heavy atom. The van der Waals surface area contributed by atoms with Crippen LogP contribution in [0.15, 0.2) is 28.6 Å². The van der Waals surface area contributed by atoms with E-state index in [1.165, 1.54) is 35.2 Å². The van der Waals surface area contributed by atoms with Crippen LogP contribution in [0.4, 0.5) is 16.5 Å². The molecule has 2 aromatic rings. The van der Waals surface area contributed by atoms with Crippen LogP contribution in [-0.2, 0) is 4.79 Å². The Labute approximate surface area is 152 Å². The molecule has 132 valence electrons. The maximum atomic E-state index is 12.3. The highest BCUT2D eigenvalue weighted by molar-refractivity contribution is 8.01. The highest BCUT2D eigenvalue weighted by Crippen LogP contribution is 2.24. The number of nitro groups is 1. The summed E-state index contributed by atoms with van der Waals surface area (Å²) in [6.45, 7) is 2.63. The Hall–Kier alpha value is -2.40. The van der Waals surface area contributed by atoms with E-state index in [0.717, 1.165) is 5.69 Å². The number of rotatable bonds is 5. The van der Waals surface area contributed by atoms with Crippen molar-refractivity contribution in [3.8, 4) is 0 Å². The maximum absolute atomic E-state index is 12.3. The summed E-state index contributed by atoms with van der Waals surface area (Å²) in [7, 11) is 0. The normalized spacial score (nSPS) is 14.6. The predicted molar refractivity (Wildman–Crippen MR) is 96.9 cm³/mol. The number of piperazine rings is 1. The smallest absolute Gasteiger partial charge is 0.269 e. The molecule has 0 bridgehead atoms. The lowest BCUT2D eigenvalue weighted by molar-refractivity contribution is -0.384. The molecule has 0 spiro atoms. The molecule has 2 N–H and O–H groups in total. The van der Waals surface area contributed by atoms with Crippen molar-refractivity contribution in [1.82, 2.24) is 15.1 Å². The van der Waals surface area contributed by atoms with E-state index >= 15 is 0 Å². The van der Waals surface area contributed by atoms with Gasteiger partial charge in [-0.2, -0.15) is 0 Å². The van der Waals surface area contributed by atoms with E-state index in [1.807, 2.05) is 4.90 Å². The number of nitrogens with zero attached hydrogens (tertiary/aromatic N) is 5. The van der Waals surface area contributed by atoms with Gasteiger partial charge < -0.3 is 15.5 Å². The number of nitrogens with two attached hydrogens (primary N) is 1. The SMILES string of the molecule is Nc1nnc(SCC(=O)N2CCN(c3ccc([N+](=O)[O-])cc3)CC2)s1. The molecule has 9 nitrogen and oxygen atoms in total. The second kappa shape index (κ2) is 7.66. The predicted octanol–water partition coefficient (Wildman–Crippen LogP) is 1.47. The number of thioether (sulfide) groups is 1. The van der Waals surface area contributed by atoms with Crippen LogP contribution < -0.4 is 10.6 Å². The average molecular weight is 380 g/mol. The van der Waals surface area contributed by atoms with E-state index in [9.17, 15) is 14.9 Å². The van der Waals surface area contributed by atoms with Crippen LogP contribution in [0.25, 0.3) is 0 Å². The summed E-state index contributed by atoms with van der Waals surface area (Å²) in [5.41, 5.74) is 6.52. The zero-order valence-electron chi connectivity index (χ0n) is 13.2. The summed E-state index contributed by atoms with van der Waals surface area (Å²) in [5, 5.41) is 18.7. The molecule has 1 aliphatic rings. The van der Waals surface area contributed by atoms with Gasteiger partial charge in [-0.15, -0.1) is 10.2 Å². The van der Waals surface area contributed by atoms with Gasteiger partial charge in [0, 0.05) is 44.0 Å². The van der Waals surface area contributed by atoms with Gasteiger partial charge in [-0.25, -0.2) is 0 Å². The van der Waals surface area contributed by atoms with Crippen LogP contribution in [-0.4, -0.2) is 57.9 Å². The van der Waals surface area contributed by atoms with Crippen molar-refractivity contribution < 1.29 is 9.72 Å². The average Bonchev–Trinajstić information content (AvgIpc) is 3.05. The number of carbonyl (C=O) groups is 1. The van der Waals surface area contributed by atoms with Crippen LogP contribution in [0.5, 0.6) is 0 Å². The van der Waals surface area contributed by atoms with E-state index in [4.69, 9.17) is 5.73 Å². The summed E-state index contributed by atoms with van der Waals surface area (Å²) in [4.78, 5) is 26.5. The van der Waals surface area contributed by atoms with Crippen LogP contribution in [0.3, 0.4) is 0 Å². The van der Waals surface area contributed by atoms with Gasteiger partial charge in [-0.1, -0.05) is 23.1 Å². The zero-order valence-corrected chi connectivity index (χ0v) is 14.8. The van der Waals surface area contributed by atoms with E-state index in [1.54, 1.807) is 12.1 Å². The van der Waals surface area contributed by atoms with Gasteiger partial charge in [0.05, 0.1) is 10.7 Å². The first-order chi connectivity index (χ1) is 12.0. The van der Waals surface area contributed by atoms with Crippen molar-refractivity contribution in [2.24, 2.45) is 0 Å². The van der Waals surface area contributed by atoms with Gasteiger partial charge in [0.1, 0.15) is 0 Å². The number of nitro benzene ring substituents is 1. The Morgan fingerprint density at radius 2 is 1.92 bits per heavy atom. The number of carbonyl (C=O) groups excluding carboxylic acids is 1. The number of nitrogen functional groups attached to an aromatic ring is 1. The molecule has 0 unspecified atom stereocenters. The highest BCUT2D eigenvalue weighted by atomic mass is 32.2. The van der Waals surface area contributed by atoms with Crippen molar-refractivity contribution in [2.75, 3.05) is 42.6 Å². The monoisotopic (exact) mass is 380 g/mol. The molecule has 3 rings (SSSR count). The fourth-order valence-electron chi connectivity index (χ4n) is 2.49. The van der Waals surface area contributed by atoms with Crippen molar-refractivity contribution in [3.63, 3.8) is 0 Å². The number of anilines is 2. The summed E-state index contributed by atoms with van der Waals surface area (Å²) < 4.78 is 0.690. The first kappa shape index (κ1) is 17.4. The van der Waals surface area contributed by atoms with Crippen LogP contribution >= 0.6 is 23.1 Å². The number of hydrogen-bond donors (Lipinski definition) is 1. The first-order valence-corrected chi connectivity index (χ1v) is 9.32. The molecule has 0 radical (unpaired) electrons. The van der Waals surface area contributed by atoms with Gasteiger partial charge in [-0.3, -0.25) is 14.9 Å². The highest BCUT2D eigenvalue weighted by Gasteiger charge is 2.22. The molecule has 2 heterocycles. The lowest BCUT2D eigenvalue weighted by Crippen LogP contribution is -2.49. The second-order valence-corrected chi connectivity index (χ2v) is 7.57. The largest absolute Gasteiger partial charge is 0.374 e. The third-order valence-corrected chi connectivity index (χ3v) is 5.67. The van der Waals surface area contributed by atoms with Gasteiger partial charge in [0.15, 0.2) is 4.34 Å². The zero-order chi connectivity index (χ0) is 17.8. The summed E-state index contributed by atoms with van der Waals surface area (Å²) >= 11 is 2.61. The molecule has 1 saturated heterocycles. The van der Waals surface area contributed by atoms with Gasteiger partial charge in [0.25, 0.3) is 5.69 Å². The topological polar surface area (TPSA) is 118 Å². The minimum atomic E-state index is -0.413. The molecular formula is C14H16N6O3S2. The summed E-state index contributed by atoms with van der Waals surface area (Å²) in [6.07, 6.45) is 0. The molecule has 1 fully saturated rings. The third-order valence-electron chi connectivity index (χ3n) is 3.80. The number of hydrogen-bond acceptors (Lipinski definition) is 9. The molecule has 0 atom stereocenters.